The summed E-state index contributed by atoms with van der Waals surface area (Å²) < 4.78 is 5.87. The zero-order valence-electron chi connectivity index (χ0n) is 12.5. The first kappa shape index (κ1) is 13.0. The van der Waals surface area contributed by atoms with Gasteiger partial charge in [0.25, 0.3) is 0 Å². The van der Waals surface area contributed by atoms with Crippen molar-refractivity contribution in [1.82, 2.24) is 0 Å². The lowest BCUT2D eigenvalue weighted by Gasteiger charge is -2.36. The molecule has 1 aromatic carbocycles. The van der Waals surface area contributed by atoms with Gasteiger partial charge >= 0.3 is 0 Å². The second-order valence-electron chi connectivity index (χ2n) is 7.33. The van der Waals surface area contributed by atoms with Crippen LogP contribution < -0.4 is 4.74 Å². The summed E-state index contributed by atoms with van der Waals surface area (Å²) in [4.78, 5) is 0. The third-order valence-corrected chi connectivity index (χ3v) is 4.95. The van der Waals surface area contributed by atoms with Crippen molar-refractivity contribution >= 4 is 0 Å². The van der Waals surface area contributed by atoms with E-state index in [9.17, 15) is 0 Å². The Hall–Kier alpha value is -0.980. The zero-order valence-corrected chi connectivity index (χ0v) is 12.5. The molecule has 1 heterocycles. The summed E-state index contributed by atoms with van der Waals surface area (Å²) in [6, 6.07) is 6.99. The second kappa shape index (κ2) is 4.85. The van der Waals surface area contributed by atoms with Gasteiger partial charge in [0.1, 0.15) is 5.75 Å². The van der Waals surface area contributed by atoms with Crippen LogP contribution in [0.4, 0.5) is 0 Å². The van der Waals surface area contributed by atoms with Gasteiger partial charge in [0.15, 0.2) is 0 Å². The highest BCUT2D eigenvalue weighted by molar-refractivity contribution is 5.43. The molecule has 1 nitrogen and oxygen atoms in total. The molecule has 19 heavy (non-hydrogen) atoms. The Morgan fingerprint density at radius 3 is 2.47 bits per heavy atom. The Kier molecular flexibility index (Phi) is 3.32. The van der Waals surface area contributed by atoms with Crippen molar-refractivity contribution in [3.05, 3.63) is 29.3 Å². The number of rotatable bonds is 1. The average Bonchev–Trinajstić information content (AvgIpc) is 2.90. The van der Waals surface area contributed by atoms with Crippen LogP contribution in [0.5, 0.6) is 5.75 Å². The quantitative estimate of drug-likeness (QED) is 0.668. The molecule has 1 fully saturated rings. The van der Waals surface area contributed by atoms with Crippen molar-refractivity contribution in [3.63, 3.8) is 0 Å². The molecule has 3 rings (SSSR count). The topological polar surface area (TPSA) is 9.23 Å². The maximum Gasteiger partial charge on any atom is 0.122 e. The monoisotopic (exact) mass is 258 g/mol. The lowest BCUT2D eigenvalue weighted by atomic mass is 9.73. The first-order valence-electron chi connectivity index (χ1n) is 7.82. The largest absolute Gasteiger partial charge is 0.493 e. The van der Waals surface area contributed by atoms with Crippen LogP contribution in [0, 0.1) is 5.41 Å². The molecule has 1 unspecified atom stereocenters. The SMILES string of the molecule is CC(C)(C)C1CCOc2ccc(C3CCCC3)cc21. The molecule has 1 saturated carbocycles. The van der Waals surface area contributed by atoms with Gasteiger partial charge in [-0.1, -0.05) is 45.7 Å². The Morgan fingerprint density at radius 1 is 1.05 bits per heavy atom. The van der Waals surface area contributed by atoms with Crippen molar-refractivity contribution in [3.8, 4) is 5.75 Å². The van der Waals surface area contributed by atoms with Gasteiger partial charge in [0, 0.05) is 0 Å². The lowest BCUT2D eigenvalue weighted by Crippen LogP contribution is -2.25. The van der Waals surface area contributed by atoms with Crippen molar-refractivity contribution in [2.45, 2.75) is 64.7 Å². The van der Waals surface area contributed by atoms with Gasteiger partial charge < -0.3 is 4.74 Å². The van der Waals surface area contributed by atoms with E-state index in [2.05, 4.69) is 39.0 Å². The van der Waals surface area contributed by atoms with E-state index in [1.54, 1.807) is 5.56 Å². The van der Waals surface area contributed by atoms with Crippen molar-refractivity contribution in [2.75, 3.05) is 6.61 Å². The van der Waals surface area contributed by atoms with E-state index in [4.69, 9.17) is 4.74 Å². The van der Waals surface area contributed by atoms with E-state index in [-0.39, 0.29) is 0 Å². The summed E-state index contributed by atoms with van der Waals surface area (Å²) >= 11 is 0. The molecular formula is C18H26O. The van der Waals surface area contributed by atoms with Gasteiger partial charge in [-0.3, -0.25) is 0 Å². The fourth-order valence-electron chi connectivity index (χ4n) is 3.83. The second-order valence-corrected chi connectivity index (χ2v) is 7.33. The lowest BCUT2D eigenvalue weighted by molar-refractivity contribution is 0.203. The Bertz CT molecular complexity index is 449. The molecule has 0 amide bonds. The molecule has 1 aromatic rings. The number of benzene rings is 1. The van der Waals surface area contributed by atoms with Crippen LogP contribution in [-0.2, 0) is 0 Å². The molecule has 1 aliphatic heterocycles. The minimum Gasteiger partial charge on any atom is -0.493 e. The first-order valence-corrected chi connectivity index (χ1v) is 7.82. The highest BCUT2D eigenvalue weighted by atomic mass is 16.5. The molecule has 0 bridgehead atoms. The van der Waals surface area contributed by atoms with Gasteiger partial charge in [0.05, 0.1) is 6.61 Å². The first-order chi connectivity index (χ1) is 9.05. The predicted molar refractivity (Wildman–Crippen MR) is 80.0 cm³/mol. The molecule has 0 saturated heterocycles. The van der Waals surface area contributed by atoms with Crippen LogP contribution in [0.1, 0.15) is 75.8 Å². The van der Waals surface area contributed by atoms with Crippen LogP contribution in [0.15, 0.2) is 18.2 Å². The molecule has 104 valence electrons. The molecule has 2 aliphatic rings. The van der Waals surface area contributed by atoms with E-state index in [1.165, 1.54) is 31.2 Å². The molecule has 0 aromatic heterocycles. The summed E-state index contributed by atoms with van der Waals surface area (Å²) in [7, 11) is 0. The van der Waals surface area contributed by atoms with Crippen LogP contribution in [0.2, 0.25) is 0 Å². The summed E-state index contributed by atoms with van der Waals surface area (Å²) in [6.45, 7) is 7.94. The summed E-state index contributed by atoms with van der Waals surface area (Å²) in [5.74, 6) is 2.57. The normalized spacial score (nSPS) is 24.1. The van der Waals surface area contributed by atoms with Crippen LogP contribution in [0.25, 0.3) is 0 Å². The molecular weight excluding hydrogens is 232 g/mol. The maximum atomic E-state index is 5.87. The standard InChI is InChI=1S/C18H26O/c1-18(2,3)16-10-11-19-17-9-8-14(12-15(16)17)13-6-4-5-7-13/h8-9,12-13,16H,4-7,10-11H2,1-3H3. The van der Waals surface area contributed by atoms with Gasteiger partial charge in [-0.2, -0.15) is 0 Å². The van der Waals surface area contributed by atoms with E-state index in [1.807, 2.05) is 0 Å². The average molecular weight is 258 g/mol. The van der Waals surface area contributed by atoms with Crippen LogP contribution in [0.3, 0.4) is 0 Å². The predicted octanol–water partition coefficient (Wildman–Crippen LogP) is 5.26. The molecule has 0 N–H and O–H groups in total. The van der Waals surface area contributed by atoms with Gasteiger partial charge in [0.2, 0.25) is 0 Å². The number of hydrogen-bond donors (Lipinski definition) is 0. The minimum atomic E-state index is 0.326. The minimum absolute atomic E-state index is 0.326. The number of fused-ring (bicyclic) bond motifs is 1. The molecule has 1 aliphatic carbocycles. The zero-order chi connectivity index (χ0) is 13.5. The van der Waals surface area contributed by atoms with E-state index in [0.29, 0.717) is 11.3 Å². The third kappa shape index (κ3) is 2.52. The Labute approximate surface area is 117 Å². The van der Waals surface area contributed by atoms with Crippen LogP contribution >= 0.6 is 0 Å². The smallest absolute Gasteiger partial charge is 0.122 e. The summed E-state index contributed by atoms with van der Waals surface area (Å²) in [6.07, 6.45) is 6.71. The highest BCUT2D eigenvalue weighted by Crippen LogP contribution is 2.46. The maximum absolute atomic E-state index is 5.87. The summed E-state index contributed by atoms with van der Waals surface area (Å²) in [5, 5.41) is 0. The fourth-order valence-corrected chi connectivity index (χ4v) is 3.83. The molecule has 1 atom stereocenters. The molecule has 1 heteroatoms. The summed E-state index contributed by atoms with van der Waals surface area (Å²) in [5.41, 5.74) is 3.34. The van der Waals surface area contributed by atoms with Gasteiger partial charge in [-0.15, -0.1) is 0 Å². The van der Waals surface area contributed by atoms with Crippen LogP contribution in [-0.4, -0.2) is 6.61 Å². The van der Waals surface area contributed by atoms with E-state index < -0.39 is 0 Å². The van der Waals surface area contributed by atoms with E-state index in [0.717, 1.165) is 24.7 Å². The highest BCUT2D eigenvalue weighted by Gasteiger charge is 2.32. The van der Waals surface area contributed by atoms with Crippen molar-refractivity contribution in [2.24, 2.45) is 5.41 Å². The fraction of sp³-hybridized carbons (Fsp3) is 0.667. The molecule has 0 radical (unpaired) electrons. The number of hydrogen-bond acceptors (Lipinski definition) is 1. The van der Waals surface area contributed by atoms with Gasteiger partial charge in [-0.25, -0.2) is 0 Å². The third-order valence-electron chi connectivity index (χ3n) is 4.95. The Morgan fingerprint density at radius 2 is 1.79 bits per heavy atom. The molecule has 0 spiro atoms. The number of ether oxygens (including phenoxy) is 1. The van der Waals surface area contributed by atoms with Crippen molar-refractivity contribution in [1.29, 1.82) is 0 Å². The Balaban J connectivity index is 1.96. The van der Waals surface area contributed by atoms with Crippen molar-refractivity contribution < 1.29 is 4.74 Å². The van der Waals surface area contributed by atoms with Gasteiger partial charge in [-0.05, 0) is 53.7 Å². The van der Waals surface area contributed by atoms with E-state index >= 15 is 0 Å².